The fourth-order valence-electron chi connectivity index (χ4n) is 4.20. The number of rotatable bonds is 3. The molecule has 31 heavy (non-hydrogen) atoms. The molecule has 0 bridgehead atoms. The number of amides is 2. The molecule has 0 aromatic heterocycles. The third-order valence-corrected chi connectivity index (χ3v) is 6.54. The molecule has 0 unspecified atom stereocenters. The van der Waals surface area contributed by atoms with Crippen LogP contribution in [0.2, 0.25) is 10.0 Å². The molecule has 4 nitrogen and oxygen atoms in total. The van der Waals surface area contributed by atoms with Gasteiger partial charge in [-0.2, -0.15) is 0 Å². The summed E-state index contributed by atoms with van der Waals surface area (Å²) < 4.78 is 0. The molecular weight excluding hydrogens is 431 g/mol. The van der Waals surface area contributed by atoms with Crippen LogP contribution in [-0.4, -0.2) is 18.4 Å². The van der Waals surface area contributed by atoms with Crippen molar-refractivity contribution in [3.8, 4) is 0 Å². The van der Waals surface area contributed by atoms with Crippen LogP contribution in [-0.2, 0) is 16.0 Å². The lowest BCUT2D eigenvalue weighted by molar-refractivity contribution is -0.120. The summed E-state index contributed by atoms with van der Waals surface area (Å²) in [6, 6.07) is 20.5. The molecule has 6 heteroatoms. The Morgan fingerprint density at radius 1 is 0.806 bits per heavy atom. The molecule has 0 radical (unpaired) electrons. The van der Waals surface area contributed by atoms with Gasteiger partial charge in [-0.3, -0.25) is 9.59 Å². The summed E-state index contributed by atoms with van der Waals surface area (Å²) in [4.78, 5) is 30.5. The number of fused-ring (bicyclic) bond motifs is 1. The van der Waals surface area contributed by atoms with Gasteiger partial charge in [0, 0.05) is 12.2 Å². The Kier molecular flexibility index (Phi) is 4.84. The van der Waals surface area contributed by atoms with Crippen molar-refractivity contribution in [3.05, 3.63) is 99.2 Å². The number of hydrogen-bond acceptors (Lipinski definition) is 3. The van der Waals surface area contributed by atoms with Gasteiger partial charge in [-0.1, -0.05) is 77.3 Å². The lowest BCUT2D eigenvalue weighted by Crippen LogP contribution is -2.35. The smallest absolute Gasteiger partial charge is 0.282 e. The van der Waals surface area contributed by atoms with Gasteiger partial charge in [-0.25, -0.2) is 4.90 Å². The first-order valence-corrected chi connectivity index (χ1v) is 10.7. The fourth-order valence-corrected chi connectivity index (χ4v) is 4.58. The fraction of sp³-hybridized carbons (Fsp3) is 0.120. The van der Waals surface area contributed by atoms with E-state index in [9.17, 15) is 9.59 Å². The van der Waals surface area contributed by atoms with Gasteiger partial charge in [0.1, 0.15) is 5.70 Å². The Morgan fingerprint density at radius 3 is 2.29 bits per heavy atom. The molecule has 0 atom stereocenters. The lowest BCUT2D eigenvalue weighted by Gasteiger charge is -2.22. The molecule has 0 N–H and O–H groups in total. The standard InChI is InChI=1S/C25H18Cl2N2O2/c1-15-9-11-17(12-10-15)21-23(28-14-13-16-5-2-3-7-19(16)28)25(31)29(24(21)30)20-8-4-6-18(26)22(20)27/h2-12H,13-14H2,1H3. The van der Waals surface area contributed by atoms with E-state index < -0.39 is 11.8 Å². The van der Waals surface area contributed by atoms with E-state index in [2.05, 4.69) is 0 Å². The van der Waals surface area contributed by atoms with Crippen molar-refractivity contribution in [3.63, 3.8) is 0 Å². The maximum Gasteiger partial charge on any atom is 0.282 e. The van der Waals surface area contributed by atoms with Gasteiger partial charge >= 0.3 is 0 Å². The van der Waals surface area contributed by atoms with Crippen molar-refractivity contribution in [1.82, 2.24) is 0 Å². The van der Waals surface area contributed by atoms with E-state index in [-0.39, 0.29) is 15.7 Å². The largest absolute Gasteiger partial charge is 0.336 e. The van der Waals surface area contributed by atoms with Crippen LogP contribution < -0.4 is 9.80 Å². The van der Waals surface area contributed by atoms with E-state index in [1.54, 1.807) is 18.2 Å². The van der Waals surface area contributed by atoms with Crippen molar-refractivity contribution in [2.75, 3.05) is 16.3 Å². The van der Waals surface area contributed by atoms with Gasteiger partial charge in [0.2, 0.25) is 0 Å². The highest BCUT2D eigenvalue weighted by atomic mass is 35.5. The summed E-state index contributed by atoms with van der Waals surface area (Å²) in [5.74, 6) is -0.807. The first-order chi connectivity index (χ1) is 15.0. The Labute approximate surface area is 190 Å². The molecule has 154 valence electrons. The summed E-state index contributed by atoms with van der Waals surface area (Å²) in [7, 11) is 0. The molecule has 5 rings (SSSR count). The van der Waals surface area contributed by atoms with Gasteiger partial charge in [0.05, 0.1) is 21.3 Å². The number of imide groups is 1. The highest BCUT2D eigenvalue weighted by Crippen LogP contribution is 2.42. The quantitative estimate of drug-likeness (QED) is 0.486. The molecular formula is C25H18Cl2N2O2. The van der Waals surface area contributed by atoms with Crippen LogP contribution in [0.1, 0.15) is 16.7 Å². The minimum Gasteiger partial charge on any atom is -0.336 e. The minimum atomic E-state index is -0.405. The van der Waals surface area contributed by atoms with E-state index in [4.69, 9.17) is 23.2 Å². The normalized spacial score (nSPS) is 15.8. The molecule has 2 amide bonds. The van der Waals surface area contributed by atoms with Crippen molar-refractivity contribution < 1.29 is 9.59 Å². The van der Waals surface area contributed by atoms with Gasteiger partial charge in [-0.05, 0) is 42.7 Å². The Bertz CT molecular complexity index is 1260. The first kappa shape index (κ1) is 19.9. The van der Waals surface area contributed by atoms with Crippen LogP contribution >= 0.6 is 23.2 Å². The van der Waals surface area contributed by atoms with Gasteiger partial charge in [-0.15, -0.1) is 0 Å². The van der Waals surface area contributed by atoms with E-state index in [1.165, 1.54) is 0 Å². The predicted octanol–water partition coefficient (Wildman–Crippen LogP) is 5.65. The molecule has 2 aliphatic rings. The molecule has 3 aromatic rings. The highest BCUT2D eigenvalue weighted by Gasteiger charge is 2.44. The average Bonchev–Trinajstić information content (AvgIpc) is 3.29. The van der Waals surface area contributed by atoms with Crippen LogP contribution in [0.4, 0.5) is 11.4 Å². The minimum absolute atomic E-state index is 0.178. The van der Waals surface area contributed by atoms with Crippen LogP contribution in [0, 0.1) is 6.92 Å². The molecule has 0 saturated heterocycles. The van der Waals surface area contributed by atoms with Crippen LogP contribution in [0.15, 0.2) is 72.4 Å². The number of aryl methyl sites for hydroxylation is 1. The highest BCUT2D eigenvalue weighted by molar-refractivity contribution is 6.50. The van der Waals surface area contributed by atoms with Crippen LogP contribution in [0.5, 0.6) is 0 Å². The zero-order valence-corrected chi connectivity index (χ0v) is 18.2. The monoisotopic (exact) mass is 448 g/mol. The Hall–Kier alpha value is -3.08. The second-order valence-electron chi connectivity index (χ2n) is 7.64. The zero-order chi connectivity index (χ0) is 21.7. The second kappa shape index (κ2) is 7.56. The van der Waals surface area contributed by atoms with E-state index in [1.807, 2.05) is 60.4 Å². The maximum absolute atomic E-state index is 13.7. The van der Waals surface area contributed by atoms with Crippen molar-refractivity contribution in [1.29, 1.82) is 0 Å². The molecule has 0 aliphatic carbocycles. The number of halogens is 2. The van der Waals surface area contributed by atoms with Gasteiger partial charge in [0.15, 0.2) is 0 Å². The summed E-state index contributed by atoms with van der Waals surface area (Å²) in [5, 5.41) is 0.466. The number of anilines is 2. The summed E-state index contributed by atoms with van der Waals surface area (Å²) in [6.45, 7) is 2.61. The Morgan fingerprint density at radius 2 is 1.52 bits per heavy atom. The van der Waals surface area contributed by atoms with Gasteiger partial charge < -0.3 is 4.90 Å². The number of benzene rings is 3. The zero-order valence-electron chi connectivity index (χ0n) is 16.7. The summed E-state index contributed by atoms with van der Waals surface area (Å²) in [5.41, 5.74) is 4.90. The topological polar surface area (TPSA) is 40.6 Å². The molecule has 0 saturated carbocycles. The second-order valence-corrected chi connectivity index (χ2v) is 8.42. The number of carbonyl (C=O) groups is 2. The summed E-state index contributed by atoms with van der Waals surface area (Å²) >= 11 is 12.6. The number of nitrogens with zero attached hydrogens (tertiary/aromatic N) is 2. The number of carbonyl (C=O) groups excluding carboxylic acids is 2. The van der Waals surface area contributed by atoms with Crippen molar-refractivity contribution >= 4 is 52.0 Å². The summed E-state index contributed by atoms with van der Waals surface area (Å²) in [6.07, 6.45) is 0.806. The lowest BCUT2D eigenvalue weighted by atomic mass is 10.0. The maximum atomic E-state index is 13.7. The first-order valence-electron chi connectivity index (χ1n) is 9.97. The van der Waals surface area contributed by atoms with Crippen molar-refractivity contribution in [2.45, 2.75) is 13.3 Å². The van der Waals surface area contributed by atoms with E-state index in [0.29, 0.717) is 23.4 Å². The average molecular weight is 449 g/mol. The number of para-hydroxylation sites is 1. The van der Waals surface area contributed by atoms with E-state index >= 15 is 0 Å². The molecule has 2 aliphatic heterocycles. The van der Waals surface area contributed by atoms with Crippen molar-refractivity contribution in [2.24, 2.45) is 0 Å². The Balaban J connectivity index is 1.71. The SMILES string of the molecule is Cc1ccc(C2=C(N3CCc4ccccc43)C(=O)N(c3cccc(Cl)c3Cl)C2=O)cc1. The van der Waals surface area contributed by atoms with E-state index in [0.717, 1.165) is 28.1 Å². The van der Waals surface area contributed by atoms with Crippen LogP contribution in [0.25, 0.3) is 5.57 Å². The number of hydrogen-bond donors (Lipinski definition) is 0. The third-order valence-electron chi connectivity index (χ3n) is 5.73. The predicted molar refractivity (Wildman–Crippen MR) is 125 cm³/mol. The molecule has 0 spiro atoms. The molecule has 3 aromatic carbocycles. The molecule has 0 fully saturated rings. The third kappa shape index (κ3) is 3.14. The van der Waals surface area contributed by atoms with Gasteiger partial charge in [0.25, 0.3) is 11.8 Å². The molecule has 2 heterocycles. The van der Waals surface area contributed by atoms with Crippen LogP contribution in [0.3, 0.4) is 0 Å².